The van der Waals surface area contributed by atoms with Gasteiger partial charge in [-0.25, -0.2) is 9.78 Å². The summed E-state index contributed by atoms with van der Waals surface area (Å²) in [5.74, 6) is 0. The number of hydrogen-bond donors (Lipinski definition) is 0. The number of rotatable bonds is 6. The molecule has 0 radical (unpaired) electrons. The van der Waals surface area contributed by atoms with Gasteiger partial charge in [0.05, 0.1) is 12.4 Å². The van der Waals surface area contributed by atoms with Crippen LogP contribution in [-0.2, 0) is 25.4 Å². The quantitative estimate of drug-likeness (QED) is 0.733. The Morgan fingerprint density at radius 1 is 1.29 bits per heavy atom. The van der Waals surface area contributed by atoms with Crippen molar-refractivity contribution in [2.24, 2.45) is 14.1 Å². The highest BCUT2D eigenvalue weighted by molar-refractivity contribution is 5.69. The first-order valence-corrected chi connectivity index (χ1v) is 7.11. The second-order valence-corrected chi connectivity index (χ2v) is 5.37. The summed E-state index contributed by atoms with van der Waals surface area (Å²) < 4.78 is 9.56. The molecular formula is C14H22N4O3. The van der Waals surface area contributed by atoms with Crippen LogP contribution in [0.1, 0.15) is 26.2 Å². The normalized spacial score (nSPS) is 13.0. The van der Waals surface area contributed by atoms with Crippen molar-refractivity contribution in [3.8, 4) is 0 Å². The lowest BCUT2D eigenvalue weighted by Crippen LogP contribution is -2.39. The van der Waals surface area contributed by atoms with E-state index in [1.54, 1.807) is 32.1 Å². The van der Waals surface area contributed by atoms with E-state index in [9.17, 15) is 9.59 Å². The molecule has 0 aliphatic heterocycles. The molecule has 7 heteroatoms. The third kappa shape index (κ3) is 2.92. The van der Waals surface area contributed by atoms with Crippen molar-refractivity contribution in [1.82, 2.24) is 18.7 Å². The maximum Gasteiger partial charge on any atom is 0.332 e. The summed E-state index contributed by atoms with van der Waals surface area (Å²) in [5.41, 5.74) is 0.304. The number of aryl methyl sites for hydroxylation is 2. The third-order valence-corrected chi connectivity index (χ3v) is 3.85. The van der Waals surface area contributed by atoms with Gasteiger partial charge in [0.15, 0.2) is 11.2 Å². The number of methoxy groups -OCH3 is 1. The summed E-state index contributed by atoms with van der Waals surface area (Å²) in [5, 5.41) is 0. The predicted molar refractivity (Wildman–Crippen MR) is 80.5 cm³/mol. The van der Waals surface area contributed by atoms with Gasteiger partial charge in [0.25, 0.3) is 5.56 Å². The molecule has 21 heavy (non-hydrogen) atoms. The molecule has 7 nitrogen and oxygen atoms in total. The van der Waals surface area contributed by atoms with Crippen LogP contribution < -0.4 is 11.2 Å². The molecule has 1 atom stereocenters. The van der Waals surface area contributed by atoms with E-state index in [-0.39, 0.29) is 17.4 Å². The SMILES string of the molecule is CO[C@H](C)CCCCn1c(=O)c2c(ncn2C)n(C)c1=O. The maximum atomic E-state index is 12.4. The van der Waals surface area contributed by atoms with Crippen molar-refractivity contribution in [2.75, 3.05) is 7.11 Å². The van der Waals surface area contributed by atoms with Gasteiger partial charge in [0, 0.05) is 27.7 Å². The molecule has 0 saturated carbocycles. The van der Waals surface area contributed by atoms with Gasteiger partial charge in [-0.3, -0.25) is 13.9 Å². The number of ether oxygens (including phenoxy) is 1. The second kappa shape index (κ2) is 6.26. The average Bonchev–Trinajstić information content (AvgIpc) is 2.86. The van der Waals surface area contributed by atoms with Crippen LogP contribution in [0.3, 0.4) is 0 Å². The minimum Gasteiger partial charge on any atom is -0.382 e. The van der Waals surface area contributed by atoms with Gasteiger partial charge in [-0.1, -0.05) is 0 Å². The molecule has 0 bridgehead atoms. The standard InChI is InChI=1S/C14H22N4O3/c1-10(21-4)7-5-6-8-18-13(19)11-12(15-9-16(11)2)17(3)14(18)20/h9-10H,5-8H2,1-4H3/t10-/m1/s1. The summed E-state index contributed by atoms with van der Waals surface area (Å²) in [6, 6.07) is 0. The number of unbranched alkanes of at least 4 members (excludes halogenated alkanes) is 1. The first-order valence-electron chi connectivity index (χ1n) is 7.11. The Kier molecular flexibility index (Phi) is 4.62. The minimum absolute atomic E-state index is 0.198. The van der Waals surface area contributed by atoms with Crippen LogP contribution in [-0.4, -0.2) is 31.9 Å². The van der Waals surface area contributed by atoms with Gasteiger partial charge in [-0.15, -0.1) is 0 Å². The van der Waals surface area contributed by atoms with Gasteiger partial charge in [0.1, 0.15) is 0 Å². The van der Waals surface area contributed by atoms with Crippen LogP contribution in [0.4, 0.5) is 0 Å². The highest BCUT2D eigenvalue weighted by Gasteiger charge is 2.14. The van der Waals surface area contributed by atoms with E-state index in [2.05, 4.69) is 4.98 Å². The third-order valence-electron chi connectivity index (χ3n) is 3.85. The lowest BCUT2D eigenvalue weighted by atomic mass is 10.2. The van der Waals surface area contributed by atoms with Gasteiger partial charge >= 0.3 is 5.69 Å². The summed E-state index contributed by atoms with van der Waals surface area (Å²) in [6.45, 7) is 2.43. The van der Waals surface area contributed by atoms with Gasteiger partial charge in [0.2, 0.25) is 0 Å². The molecular weight excluding hydrogens is 272 g/mol. The fourth-order valence-corrected chi connectivity index (χ4v) is 2.41. The van der Waals surface area contributed by atoms with E-state index in [0.717, 1.165) is 19.3 Å². The summed E-state index contributed by atoms with van der Waals surface area (Å²) in [6.07, 6.45) is 4.35. The smallest absolute Gasteiger partial charge is 0.332 e. The Bertz CT molecular complexity index is 741. The van der Waals surface area contributed by atoms with E-state index in [4.69, 9.17) is 4.74 Å². The minimum atomic E-state index is -0.314. The lowest BCUT2D eigenvalue weighted by molar-refractivity contribution is 0.108. The Labute approximate surface area is 122 Å². The largest absolute Gasteiger partial charge is 0.382 e. The molecule has 2 aromatic heterocycles. The maximum absolute atomic E-state index is 12.4. The Balaban J connectivity index is 2.26. The number of aromatic nitrogens is 4. The monoisotopic (exact) mass is 294 g/mol. The van der Waals surface area contributed by atoms with Crippen LogP contribution in [0, 0.1) is 0 Å². The molecule has 0 amide bonds. The topological polar surface area (TPSA) is 71.1 Å². The molecule has 2 rings (SSSR count). The zero-order chi connectivity index (χ0) is 15.6. The number of fused-ring (bicyclic) bond motifs is 1. The van der Waals surface area contributed by atoms with Gasteiger partial charge in [-0.05, 0) is 26.2 Å². The molecule has 2 heterocycles. The average molecular weight is 294 g/mol. The zero-order valence-electron chi connectivity index (χ0n) is 13.0. The van der Waals surface area contributed by atoms with Crippen molar-refractivity contribution >= 4 is 11.2 Å². The van der Waals surface area contributed by atoms with Crippen molar-refractivity contribution in [1.29, 1.82) is 0 Å². The summed E-state index contributed by atoms with van der Waals surface area (Å²) in [7, 11) is 5.08. The fourth-order valence-electron chi connectivity index (χ4n) is 2.41. The molecule has 0 fully saturated rings. The molecule has 0 spiro atoms. The Hall–Kier alpha value is -1.89. The van der Waals surface area contributed by atoms with Crippen LogP contribution in [0.25, 0.3) is 11.2 Å². The van der Waals surface area contributed by atoms with Gasteiger partial charge < -0.3 is 9.30 Å². The van der Waals surface area contributed by atoms with Crippen LogP contribution >= 0.6 is 0 Å². The second-order valence-electron chi connectivity index (χ2n) is 5.37. The highest BCUT2D eigenvalue weighted by Crippen LogP contribution is 2.06. The van der Waals surface area contributed by atoms with Crippen LogP contribution in [0.2, 0.25) is 0 Å². The number of imidazole rings is 1. The molecule has 0 aromatic carbocycles. The van der Waals surface area contributed by atoms with E-state index < -0.39 is 0 Å². The number of hydrogen-bond acceptors (Lipinski definition) is 4. The molecule has 116 valence electrons. The van der Waals surface area contributed by atoms with Crippen LogP contribution in [0.5, 0.6) is 0 Å². The predicted octanol–water partition coefficient (Wildman–Crippen LogP) is 0.639. The van der Waals surface area contributed by atoms with Crippen molar-refractivity contribution in [2.45, 2.75) is 38.8 Å². The van der Waals surface area contributed by atoms with Crippen molar-refractivity contribution in [3.63, 3.8) is 0 Å². The first-order chi connectivity index (χ1) is 9.97. The molecule has 0 unspecified atom stereocenters. The Morgan fingerprint density at radius 2 is 2.00 bits per heavy atom. The number of nitrogens with zero attached hydrogens (tertiary/aromatic N) is 4. The van der Waals surface area contributed by atoms with Gasteiger partial charge in [-0.2, -0.15) is 0 Å². The highest BCUT2D eigenvalue weighted by atomic mass is 16.5. The summed E-state index contributed by atoms with van der Waals surface area (Å²) in [4.78, 5) is 28.8. The Morgan fingerprint density at radius 3 is 2.67 bits per heavy atom. The van der Waals surface area contributed by atoms with Crippen molar-refractivity contribution in [3.05, 3.63) is 27.2 Å². The molecule has 0 aliphatic carbocycles. The van der Waals surface area contributed by atoms with E-state index in [1.165, 1.54) is 9.13 Å². The van der Waals surface area contributed by atoms with E-state index in [1.807, 2.05) is 6.92 Å². The zero-order valence-corrected chi connectivity index (χ0v) is 13.0. The molecule has 0 N–H and O–H groups in total. The molecule has 0 aliphatic rings. The van der Waals surface area contributed by atoms with E-state index in [0.29, 0.717) is 17.7 Å². The molecule has 2 aromatic rings. The first kappa shape index (κ1) is 15.5. The van der Waals surface area contributed by atoms with Crippen LogP contribution in [0.15, 0.2) is 15.9 Å². The molecule has 0 saturated heterocycles. The van der Waals surface area contributed by atoms with E-state index >= 15 is 0 Å². The lowest BCUT2D eigenvalue weighted by Gasteiger charge is -2.10. The summed E-state index contributed by atoms with van der Waals surface area (Å²) >= 11 is 0. The fraction of sp³-hybridized carbons (Fsp3) is 0.643. The van der Waals surface area contributed by atoms with Crippen molar-refractivity contribution < 1.29 is 4.74 Å².